The van der Waals surface area contributed by atoms with Gasteiger partial charge in [-0.15, -0.1) is 0 Å². The number of aromatic nitrogens is 2. The first-order chi connectivity index (χ1) is 9.15. The third-order valence-corrected chi connectivity index (χ3v) is 3.60. The summed E-state index contributed by atoms with van der Waals surface area (Å²) in [5, 5.41) is 0. The lowest BCUT2D eigenvalue weighted by Gasteiger charge is -2.36. The van der Waals surface area contributed by atoms with Crippen LogP contribution >= 0.6 is 0 Å². The molecule has 5 heteroatoms. The van der Waals surface area contributed by atoms with Crippen molar-refractivity contribution in [3.63, 3.8) is 0 Å². The number of aryl methyl sites for hydroxylation is 1. The molecule has 1 fully saturated rings. The van der Waals surface area contributed by atoms with Crippen LogP contribution in [0.5, 0.6) is 0 Å². The lowest BCUT2D eigenvalue weighted by Crippen LogP contribution is -2.54. The molecule has 0 spiro atoms. The van der Waals surface area contributed by atoms with Crippen LogP contribution in [0.25, 0.3) is 11.0 Å². The van der Waals surface area contributed by atoms with E-state index in [1.54, 1.807) is 0 Å². The zero-order chi connectivity index (χ0) is 13.4. The highest BCUT2D eigenvalue weighted by Crippen LogP contribution is 2.15. The molecule has 3 N–H and O–H groups in total. The zero-order valence-corrected chi connectivity index (χ0v) is 11.0. The van der Waals surface area contributed by atoms with E-state index in [2.05, 4.69) is 14.9 Å². The number of rotatable bonds is 3. The van der Waals surface area contributed by atoms with E-state index in [0.717, 1.165) is 48.2 Å². The number of pyridine rings is 2. The fourth-order valence-corrected chi connectivity index (χ4v) is 2.51. The molecule has 2 aromatic rings. The molecule has 2 aromatic heterocycles. The van der Waals surface area contributed by atoms with E-state index in [1.165, 1.54) is 0 Å². The molecule has 0 atom stereocenters. The predicted octanol–water partition coefficient (Wildman–Crippen LogP) is 0.628. The second kappa shape index (κ2) is 4.75. The third-order valence-electron chi connectivity index (χ3n) is 3.60. The average Bonchev–Trinajstić information content (AvgIpc) is 2.36. The van der Waals surface area contributed by atoms with Crippen molar-refractivity contribution in [3.05, 3.63) is 39.8 Å². The standard InChI is InChI=1S/C14H18N4O/c1-2-10-4-12-13(17-14(10)19)3-9(5-16-12)6-18-7-11(15)8-18/h3-5,11H,2,6-8,15H2,1H3,(H,17,19). The lowest BCUT2D eigenvalue weighted by molar-refractivity contribution is 0.142. The van der Waals surface area contributed by atoms with Crippen LogP contribution in [0, 0.1) is 0 Å². The van der Waals surface area contributed by atoms with Crippen molar-refractivity contribution in [2.75, 3.05) is 13.1 Å². The predicted molar refractivity (Wildman–Crippen MR) is 75.0 cm³/mol. The van der Waals surface area contributed by atoms with E-state index in [9.17, 15) is 4.79 Å². The summed E-state index contributed by atoms with van der Waals surface area (Å²) in [5.41, 5.74) is 9.29. The Balaban J connectivity index is 1.90. The summed E-state index contributed by atoms with van der Waals surface area (Å²) >= 11 is 0. The molecular formula is C14H18N4O. The number of aromatic amines is 1. The monoisotopic (exact) mass is 258 g/mol. The summed E-state index contributed by atoms with van der Waals surface area (Å²) in [7, 11) is 0. The Morgan fingerprint density at radius 1 is 1.47 bits per heavy atom. The van der Waals surface area contributed by atoms with Crippen LogP contribution in [0.15, 0.2) is 23.1 Å². The van der Waals surface area contributed by atoms with Crippen LogP contribution in [0.4, 0.5) is 0 Å². The smallest absolute Gasteiger partial charge is 0.251 e. The van der Waals surface area contributed by atoms with Crippen molar-refractivity contribution in [2.45, 2.75) is 25.9 Å². The van der Waals surface area contributed by atoms with Gasteiger partial charge in [0.1, 0.15) is 0 Å². The number of nitrogens with two attached hydrogens (primary N) is 1. The molecule has 0 radical (unpaired) electrons. The van der Waals surface area contributed by atoms with Crippen molar-refractivity contribution in [1.82, 2.24) is 14.9 Å². The molecule has 19 heavy (non-hydrogen) atoms. The minimum atomic E-state index is -0.0140. The molecule has 1 aliphatic rings. The van der Waals surface area contributed by atoms with Gasteiger partial charge < -0.3 is 10.7 Å². The highest BCUT2D eigenvalue weighted by atomic mass is 16.1. The van der Waals surface area contributed by atoms with E-state index in [1.807, 2.05) is 25.3 Å². The zero-order valence-electron chi connectivity index (χ0n) is 11.0. The summed E-state index contributed by atoms with van der Waals surface area (Å²) in [6, 6.07) is 4.19. The number of hydrogen-bond donors (Lipinski definition) is 2. The van der Waals surface area contributed by atoms with Crippen LogP contribution < -0.4 is 11.3 Å². The Bertz CT molecular complexity index is 658. The Hall–Kier alpha value is -1.72. The van der Waals surface area contributed by atoms with Gasteiger partial charge in [-0.25, -0.2) is 0 Å². The Morgan fingerprint density at radius 3 is 2.95 bits per heavy atom. The van der Waals surface area contributed by atoms with Crippen molar-refractivity contribution in [3.8, 4) is 0 Å². The number of nitrogens with one attached hydrogen (secondary N) is 1. The van der Waals surface area contributed by atoms with Crippen molar-refractivity contribution in [2.24, 2.45) is 5.73 Å². The molecule has 0 unspecified atom stereocenters. The summed E-state index contributed by atoms with van der Waals surface area (Å²) in [6.45, 7) is 4.68. The number of fused-ring (bicyclic) bond motifs is 1. The van der Waals surface area contributed by atoms with Gasteiger partial charge in [-0.3, -0.25) is 14.7 Å². The van der Waals surface area contributed by atoms with Gasteiger partial charge in [0.15, 0.2) is 0 Å². The molecule has 3 heterocycles. The molecule has 1 aliphatic heterocycles. The van der Waals surface area contributed by atoms with Gasteiger partial charge in [0.25, 0.3) is 5.56 Å². The summed E-state index contributed by atoms with van der Waals surface area (Å²) in [6.07, 6.45) is 2.60. The van der Waals surface area contributed by atoms with Gasteiger partial charge in [0.05, 0.1) is 11.0 Å². The topological polar surface area (TPSA) is 75.0 Å². The van der Waals surface area contributed by atoms with E-state index < -0.39 is 0 Å². The molecule has 0 aromatic carbocycles. The highest BCUT2D eigenvalue weighted by Gasteiger charge is 2.22. The van der Waals surface area contributed by atoms with E-state index >= 15 is 0 Å². The first-order valence-corrected chi connectivity index (χ1v) is 6.64. The van der Waals surface area contributed by atoms with E-state index in [4.69, 9.17) is 5.73 Å². The molecule has 5 nitrogen and oxygen atoms in total. The molecule has 100 valence electrons. The second-order valence-electron chi connectivity index (χ2n) is 5.21. The minimum absolute atomic E-state index is 0.0140. The molecule has 3 rings (SSSR count). The summed E-state index contributed by atoms with van der Waals surface area (Å²) < 4.78 is 0. The first kappa shape index (κ1) is 12.3. The van der Waals surface area contributed by atoms with Gasteiger partial charge in [-0.2, -0.15) is 0 Å². The average molecular weight is 258 g/mol. The van der Waals surface area contributed by atoms with E-state index in [-0.39, 0.29) is 5.56 Å². The number of likely N-dealkylation sites (tertiary alicyclic amines) is 1. The summed E-state index contributed by atoms with van der Waals surface area (Å²) in [4.78, 5) is 21.4. The Kier molecular flexibility index (Phi) is 3.08. The van der Waals surface area contributed by atoms with Gasteiger partial charge in [0, 0.05) is 37.4 Å². The highest BCUT2D eigenvalue weighted by molar-refractivity contribution is 5.74. The fourth-order valence-electron chi connectivity index (χ4n) is 2.51. The number of hydrogen-bond acceptors (Lipinski definition) is 4. The quantitative estimate of drug-likeness (QED) is 0.846. The molecule has 1 saturated heterocycles. The minimum Gasteiger partial charge on any atom is -0.325 e. The maximum Gasteiger partial charge on any atom is 0.251 e. The summed E-state index contributed by atoms with van der Waals surface area (Å²) in [5.74, 6) is 0. The van der Waals surface area contributed by atoms with Crippen LogP contribution in [0.3, 0.4) is 0 Å². The molecule has 0 amide bonds. The van der Waals surface area contributed by atoms with Crippen LogP contribution in [-0.4, -0.2) is 34.0 Å². The van der Waals surface area contributed by atoms with Gasteiger partial charge >= 0.3 is 0 Å². The van der Waals surface area contributed by atoms with Crippen LogP contribution in [0.1, 0.15) is 18.1 Å². The molecule has 0 aliphatic carbocycles. The molecule has 0 bridgehead atoms. The Labute approximate surface area is 111 Å². The Morgan fingerprint density at radius 2 is 2.26 bits per heavy atom. The molecule has 0 saturated carbocycles. The van der Waals surface area contributed by atoms with Gasteiger partial charge in [-0.05, 0) is 24.1 Å². The van der Waals surface area contributed by atoms with Crippen molar-refractivity contribution < 1.29 is 0 Å². The van der Waals surface area contributed by atoms with Crippen molar-refractivity contribution >= 4 is 11.0 Å². The molecular weight excluding hydrogens is 240 g/mol. The number of H-pyrrole nitrogens is 1. The lowest BCUT2D eigenvalue weighted by atomic mass is 10.1. The van der Waals surface area contributed by atoms with E-state index in [0.29, 0.717) is 6.04 Å². The van der Waals surface area contributed by atoms with Gasteiger partial charge in [-0.1, -0.05) is 6.92 Å². The van der Waals surface area contributed by atoms with Gasteiger partial charge in [0.2, 0.25) is 0 Å². The normalized spacial score (nSPS) is 16.7. The third kappa shape index (κ3) is 2.39. The SMILES string of the molecule is CCc1cc2ncc(CN3CC(N)C3)cc2[nH]c1=O. The van der Waals surface area contributed by atoms with Crippen LogP contribution in [0.2, 0.25) is 0 Å². The first-order valence-electron chi connectivity index (χ1n) is 6.64. The second-order valence-corrected chi connectivity index (χ2v) is 5.21. The number of nitrogens with zero attached hydrogens (tertiary/aromatic N) is 2. The largest absolute Gasteiger partial charge is 0.325 e. The van der Waals surface area contributed by atoms with Crippen LogP contribution in [-0.2, 0) is 13.0 Å². The maximum absolute atomic E-state index is 11.8. The fraction of sp³-hybridized carbons (Fsp3) is 0.429. The van der Waals surface area contributed by atoms with Crippen molar-refractivity contribution in [1.29, 1.82) is 0 Å². The maximum atomic E-state index is 11.8.